The van der Waals surface area contributed by atoms with E-state index in [2.05, 4.69) is 17.9 Å². The Labute approximate surface area is 131 Å². The molecule has 1 aromatic heterocycles. The van der Waals surface area contributed by atoms with Crippen molar-refractivity contribution < 1.29 is 9.90 Å². The predicted octanol–water partition coefficient (Wildman–Crippen LogP) is 2.19. The van der Waals surface area contributed by atoms with E-state index in [4.69, 9.17) is 0 Å². The van der Waals surface area contributed by atoms with Crippen molar-refractivity contribution >= 4 is 17.2 Å². The van der Waals surface area contributed by atoms with Crippen LogP contribution in [0.5, 0.6) is 0 Å². The number of carbonyl (C=O) groups is 1. The van der Waals surface area contributed by atoms with Gasteiger partial charge in [0.1, 0.15) is 0 Å². The average Bonchev–Trinajstić information content (AvgIpc) is 3.01. The van der Waals surface area contributed by atoms with Crippen LogP contribution >= 0.6 is 11.3 Å². The molecule has 0 unspecified atom stereocenters. The minimum absolute atomic E-state index is 0.0857. The molecule has 1 saturated heterocycles. The molecular weight excluding hydrogens is 284 g/mol. The van der Waals surface area contributed by atoms with Gasteiger partial charge in [0.2, 0.25) is 5.91 Å². The van der Waals surface area contributed by atoms with Gasteiger partial charge in [-0.15, -0.1) is 11.3 Å². The summed E-state index contributed by atoms with van der Waals surface area (Å²) in [5.74, 6) is 0.177. The van der Waals surface area contributed by atoms with Crippen LogP contribution < -0.4 is 0 Å². The molecule has 1 aliphatic rings. The van der Waals surface area contributed by atoms with E-state index in [-0.39, 0.29) is 17.9 Å². The third-order valence-electron chi connectivity index (χ3n) is 4.76. The van der Waals surface area contributed by atoms with E-state index in [9.17, 15) is 9.90 Å². The van der Waals surface area contributed by atoms with Gasteiger partial charge in [0, 0.05) is 18.5 Å². The Balaban J connectivity index is 1.78. The second-order valence-electron chi connectivity index (χ2n) is 6.12. The molecule has 2 rings (SSSR count). The Morgan fingerprint density at radius 2 is 2.19 bits per heavy atom. The summed E-state index contributed by atoms with van der Waals surface area (Å²) in [7, 11) is 1.87. The Kier molecular flexibility index (Phi) is 5.79. The molecule has 21 heavy (non-hydrogen) atoms. The van der Waals surface area contributed by atoms with Gasteiger partial charge in [0.15, 0.2) is 0 Å². The standard InChI is InChI=1S/C16H26N2O2S/c1-3-16(13-19)6-8-18(9-7-16)12-15(20)17(2)11-14-5-4-10-21-14/h4-5,10,19H,3,6-9,11-13H2,1-2H3. The first-order chi connectivity index (χ1) is 10.1. The maximum Gasteiger partial charge on any atom is 0.236 e. The molecule has 5 heteroatoms. The molecule has 1 amide bonds. The summed E-state index contributed by atoms with van der Waals surface area (Å²) in [6, 6.07) is 4.08. The third kappa shape index (κ3) is 4.28. The zero-order valence-corrected chi connectivity index (χ0v) is 13.9. The Morgan fingerprint density at radius 3 is 2.71 bits per heavy atom. The molecule has 0 spiro atoms. The van der Waals surface area contributed by atoms with Gasteiger partial charge in [0.05, 0.1) is 13.1 Å². The lowest BCUT2D eigenvalue weighted by atomic mass is 9.77. The Bertz CT molecular complexity index is 433. The fourth-order valence-corrected chi connectivity index (χ4v) is 3.60. The number of aliphatic hydroxyl groups excluding tert-OH is 1. The van der Waals surface area contributed by atoms with Crippen LogP contribution in [0.3, 0.4) is 0 Å². The second kappa shape index (κ2) is 7.38. The van der Waals surface area contributed by atoms with Crippen molar-refractivity contribution in [1.82, 2.24) is 9.80 Å². The molecule has 1 fully saturated rings. The van der Waals surface area contributed by atoms with Crippen molar-refractivity contribution in [3.05, 3.63) is 22.4 Å². The lowest BCUT2D eigenvalue weighted by Gasteiger charge is -2.40. The first-order valence-corrected chi connectivity index (χ1v) is 8.56. The van der Waals surface area contributed by atoms with Gasteiger partial charge in [-0.2, -0.15) is 0 Å². The monoisotopic (exact) mass is 310 g/mol. The smallest absolute Gasteiger partial charge is 0.236 e. The van der Waals surface area contributed by atoms with E-state index < -0.39 is 0 Å². The van der Waals surface area contributed by atoms with Crippen molar-refractivity contribution in [3.63, 3.8) is 0 Å². The fraction of sp³-hybridized carbons (Fsp3) is 0.688. The molecule has 0 saturated carbocycles. The summed E-state index contributed by atoms with van der Waals surface area (Å²) in [5, 5.41) is 11.6. The molecular formula is C16H26N2O2S. The lowest BCUT2D eigenvalue weighted by Crippen LogP contribution is -2.45. The normalized spacial score (nSPS) is 18.6. The molecule has 2 heterocycles. The summed E-state index contributed by atoms with van der Waals surface area (Å²) in [6.07, 6.45) is 2.99. The molecule has 0 bridgehead atoms. The number of amides is 1. The molecule has 0 aromatic carbocycles. The van der Waals surface area contributed by atoms with Gasteiger partial charge < -0.3 is 10.0 Å². The number of aliphatic hydroxyl groups is 1. The van der Waals surface area contributed by atoms with Crippen LogP contribution in [-0.2, 0) is 11.3 Å². The van der Waals surface area contributed by atoms with Crippen LogP contribution in [0.25, 0.3) is 0 Å². The van der Waals surface area contributed by atoms with Crippen LogP contribution in [0.4, 0.5) is 0 Å². The number of piperidine rings is 1. The maximum atomic E-state index is 12.3. The first-order valence-electron chi connectivity index (χ1n) is 7.68. The fourth-order valence-electron chi connectivity index (χ4n) is 2.85. The van der Waals surface area contributed by atoms with E-state index in [1.165, 1.54) is 4.88 Å². The van der Waals surface area contributed by atoms with Crippen molar-refractivity contribution in [2.24, 2.45) is 5.41 Å². The number of thiophene rings is 1. The first kappa shape index (κ1) is 16.5. The number of rotatable bonds is 6. The van der Waals surface area contributed by atoms with Gasteiger partial charge in [-0.1, -0.05) is 13.0 Å². The van der Waals surface area contributed by atoms with E-state index in [1.807, 2.05) is 18.5 Å². The minimum Gasteiger partial charge on any atom is -0.396 e. The van der Waals surface area contributed by atoms with Crippen LogP contribution in [0.2, 0.25) is 0 Å². The van der Waals surface area contributed by atoms with E-state index in [0.29, 0.717) is 13.1 Å². The highest BCUT2D eigenvalue weighted by Gasteiger charge is 2.32. The summed E-state index contributed by atoms with van der Waals surface area (Å²) in [6.45, 7) is 5.42. The van der Waals surface area contributed by atoms with E-state index in [0.717, 1.165) is 32.4 Å². The number of likely N-dealkylation sites (tertiary alicyclic amines) is 1. The maximum absolute atomic E-state index is 12.3. The minimum atomic E-state index is 0.0857. The topological polar surface area (TPSA) is 43.8 Å². The highest BCUT2D eigenvalue weighted by atomic mass is 32.1. The van der Waals surface area contributed by atoms with Crippen LogP contribution in [0.15, 0.2) is 17.5 Å². The third-order valence-corrected chi connectivity index (χ3v) is 5.62. The van der Waals surface area contributed by atoms with Crippen molar-refractivity contribution in [1.29, 1.82) is 0 Å². The largest absolute Gasteiger partial charge is 0.396 e. The van der Waals surface area contributed by atoms with Gasteiger partial charge >= 0.3 is 0 Å². The molecule has 1 aliphatic heterocycles. The van der Waals surface area contributed by atoms with Crippen LogP contribution in [0.1, 0.15) is 31.1 Å². The Hall–Kier alpha value is -0.910. The molecule has 0 radical (unpaired) electrons. The summed E-state index contributed by atoms with van der Waals surface area (Å²) < 4.78 is 0. The molecule has 0 aliphatic carbocycles. The summed E-state index contributed by atoms with van der Waals surface area (Å²) >= 11 is 1.69. The SMILES string of the molecule is CCC1(CO)CCN(CC(=O)N(C)Cc2cccs2)CC1. The van der Waals surface area contributed by atoms with Crippen LogP contribution in [0, 0.1) is 5.41 Å². The van der Waals surface area contributed by atoms with E-state index >= 15 is 0 Å². The van der Waals surface area contributed by atoms with Crippen molar-refractivity contribution in [2.45, 2.75) is 32.7 Å². The molecule has 0 atom stereocenters. The molecule has 118 valence electrons. The summed E-state index contributed by atoms with van der Waals surface area (Å²) in [5.41, 5.74) is 0.0857. The van der Waals surface area contributed by atoms with Gasteiger partial charge in [-0.05, 0) is 49.2 Å². The number of hydrogen-bond acceptors (Lipinski definition) is 4. The molecule has 4 nitrogen and oxygen atoms in total. The second-order valence-corrected chi connectivity index (χ2v) is 7.15. The van der Waals surface area contributed by atoms with E-state index in [1.54, 1.807) is 16.2 Å². The summed E-state index contributed by atoms with van der Waals surface area (Å²) in [4.78, 5) is 17.5. The zero-order valence-electron chi connectivity index (χ0n) is 13.0. The zero-order chi connectivity index (χ0) is 15.3. The van der Waals surface area contributed by atoms with Crippen molar-refractivity contribution in [3.8, 4) is 0 Å². The quantitative estimate of drug-likeness (QED) is 0.876. The Morgan fingerprint density at radius 1 is 1.48 bits per heavy atom. The number of likely N-dealkylation sites (N-methyl/N-ethyl adjacent to an activating group) is 1. The molecule has 1 N–H and O–H groups in total. The predicted molar refractivity (Wildman–Crippen MR) is 86.3 cm³/mol. The highest BCUT2D eigenvalue weighted by molar-refractivity contribution is 7.09. The number of nitrogens with zero attached hydrogens (tertiary/aromatic N) is 2. The van der Waals surface area contributed by atoms with Gasteiger partial charge in [-0.3, -0.25) is 9.69 Å². The highest BCUT2D eigenvalue weighted by Crippen LogP contribution is 2.34. The molecule has 1 aromatic rings. The number of hydrogen-bond donors (Lipinski definition) is 1. The van der Waals surface area contributed by atoms with Crippen LogP contribution in [-0.4, -0.2) is 54.1 Å². The lowest BCUT2D eigenvalue weighted by molar-refractivity contribution is -0.132. The van der Waals surface area contributed by atoms with Gasteiger partial charge in [-0.25, -0.2) is 0 Å². The van der Waals surface area contributed by atoms with Gasteiger partial charge in [0.25, 0.3) is 0 Å². The van der Waals surface area contributed by atoms with Crippen molar-refractivity contribution in [2.75, 3.05) is 33.3 Å². The average molecular weight is 310 g/mol. The number of carbonyl (C=O) groups excluding carboxylic acids is 1.